The van der Waals surface area contributed by atoms with Crippen LogP contribution < -0.4 is 4.74 Å². The highest BCUT2D eigenvalue weighted by Crippen LogP contribution is 2.38. The molecule has 0 bridgehead atoms. The third-order valence-corrected chi connectivity index (χ3v) is 5.04. The normalized spacial score (nSPS) is 21.2. The average Bonchev–Trinajstić information content (AvgIpc) is 3.01. The number of likely N-dealkylation sites (tertiary alicyclic amines) is 1. The Morgan fingerprint density at radius 1 is 1.24 bits per heavy atom. The van der Waals surface area contributed by atoms with Gasteiger partial charge in [-0.05, 0) is 38.3 Å². The molecule has 1 amide bonds. The summed E-state index contributed by atoms with van der Waals surface area (Å²) in [6.07, 6.45) is -0.308. The molecule has 25 heavy (non-hydrogen) atoms. The summed E-state index contributed by atoms with van der Waals surface area (Å²) >= 11 is 0. The number of carbonyl (C=O) groups is 3. The van der Waals surface area contributed by atoms with Crippen molar-refractivity contribution in [2.24, 2.45) is 11.3 Å². The minimum Gasteiger partial charge on any atom is -0.481 e. The molecular weight excluding hydrogens is 322 g/mol. The van der Waals surface area contributed by atoms with E-state index >= 15 is 0 Å². The summed E-state index contributed by atoms with van der Waals surface area (Å²) in [4.78, 5) is 37.3. The van der Waals surface area contributed by atoms with Gasteiger partial charge in [-0.1, -0.05) is 26.0 Å². The van der Waals surface area contributed by atoms with E-state index in [0.29, 0.717) is 24.3 Å². The number of carboxylic acids is 1. The van der Waals surface area contributed by atoms with E-state index in [9.17, 15) is 19.5 Å². The number of aliphatic carboxylic acids is 1. The predicted molar refractivity (Wildman–Crippen MR) is 92.6 cm³/mol. The van der Waals surface area contributed by atoms with Crippen molar-refractivity contribution < 1.29 is 24.2 Å². The largest absolute Gasteiger partial charge is 0.481 e. The van der Waals surface area contributed by atoms with Crippen LogP contribution in [0.4, 0.5) is 0 Å². The molecule has 0 spiro atoms. The number of hydrogen-bond donors (Lipinski definition) is 1. The van der Waals surface area contributed by atoms with Crippen LogP contribution >= 0.6 is 0 Å². The summed E-state index contributed by atoms with van der Waals surface area (Å²) < 4.78 is 5.68. The molecule has 6 heteroatoms. The van der Waals surface area contributed by atoms with Gasteiger partial charge in [-0.25, -0.2) is 0 Å². The Morgan fingerprint density at radius 2 is 1.92 bits per heavy atom. The highest BCUT2D eigenvalue weighted by molar-refractivity contribution is 5.94. The first kappa shape index (κ1) is 19.0. The van der Waals surface area contributed by atoms with Crippen LogP contribution in [0.15, 0.2) is 24.3 Å². The molecule has 0 saturated carbocycles. The second-order valence-electron chi connectivity index (χ2n) is 6.97. The fraction of sp³-hybridized carbons (Fsp3) is 0.526. The summed E-state index contributed by atoms with van der Waals surface area (Å²) in [6.45, 7) is 7.45. The van der Waals surface area contributed by atoms with E-state index in [1.165, 1.54) is 6.92 Å². The minimum atomic E-state index is -0.899. The van der Waals surface area contributed by atoms with Crippen LogP contribution in [0.3, 0.4) is 0 Å². The molecule has 1 fully saturated rings. The lowest BCUT2D eigenvalue weighted by atomic mass is 9.76. The van der Waals surface area contributed by atoms with Crippen molar-refractivity contribution in [1.82, 2.24) is 4.90 Å². The fourth-order valence-electron chi connectivity index (χ4n) is 3.21. The van der Waals surface area contributed by atoms with Crippen LogP contribution in [-0.4, -0.2) is 46.9 Å². The van der Waals surface area contributed by atoms with Gasteiger partial charge in [0.1, 0.15) is 5.75 Å². The number of rotatable bonds is 6. The molecule has 0 radical (unpaired) electrons. The number of carbonyl (C=O) groups excluding carboxylic acids is 2. The molecule has 2 unspecified atom stereocenters. The van der Waals surface area contributed by atoms with Crippen molar-refractivity contribution in [2.75, 3.05) is 13.1 Å². The fourth-order valence-corrected chi connectivity index (χ4v) is 3.21. The van der Waals surface area contributed by atoms with Crippen molar-refractivity contribution >= 4 is 17.7 Å². The maximum absolute atomic E-state index is 12.6. The maximum atomic E-state index is 12.6. The van der Waals surface area contributed by atoms with Gasteiger partial charge in [0.25, 0.3) is 5.91 Å². The number of amides is 1. The van der Waals surface area contributed by atoms with E-state index in [1.54, 1.807) is 36.1 Å². The highest BCUT2D eigenvalue weighted by Gasteiger charge is 2.49. The van der Waals surface area contributed by atoms with E-state index in [2.05, 4.69) is 0 Å². The molecule has 6 nitrogen and oxygen atoms in total. The van der Waals surface area contributed by atoms with Gasteiger partial charge in [0.05, 0.1) is 5.41 Å². The third-order valence-electron chi connectivity index (χ3n) is 5.04. The third kappa shape index (κ3) is 3.83. The maximum Gasteiger partial charge on any atom is 0.311 e. The van der Waals surface area contributed by atoms with Gasteiger partial charge in [0.15, 0.2) is 11.9 Å². The average molecular weight is 347 g/mol. The second kappa shape index (κ2) is 7.25. The Balaban J connectivity index is 2.07. The van der Waals surface area contributed by atoms with Gasteiger partial charge >= 0.3 is 5.97 Å². The number of Topliss-reactive ketones (excluding diaryl/α,β-unsaturated/α-hetero) is 1. The molecule has 1 aromatic rings. The predicted octanol–water partition coefficient (Wildman–Crippen LogP) is 2.62. The summed E-state index contributed by atoms with van der Waals surface area (Å²) in [5.41, 5.74) is -0.382. The van der Waals surface area contributed by atoms with Crippen molar-refractivity contribution in [1.29, 1.82) is 0 Å². The molecule has 1 N–H and O–H groups in total. The first-order valence-corrected chi connectivity index (χ1v) is 8.47. The van der Waals surface area contributed by atoms with Crippen LogP contribution in [0.1, 0.15) is 44.5 Å². The zero-order valence-electron chi connectivity index (χ0n) is 15.1. The van der Waals surface area contributed by atoms with Gasteiger partial charge in [0.2, 0.25) is 0 Å². The van der Waals surface area contributed by atoms with Crippen molar-refractivity contribution in [3.63, 3.8) is 0 Å². The second-order valence-corrected chi connectivity index (χ2v) is 6.97. The zero-order chi connectivity index (χ0) is 18.8. The lowest BCUT2D eigenvalue weighted by molar-refractivity contribution is -0.151. The first-order chi connectivity index (χ1) is 11.7. The Morgan fingerprint density at radius 3 is 2.44 bits per heavy atom. The molecule has 0 aromatic heterocycles. The lowest BCUT2D eigenvalue weighted by Gasteiger charge is -2.29. The number of ether oxygens (including phenoxy) is 1. The molecule has 136 valence electrons. The zero-order valence-corrected chi connectivity index (χ0v) is 15.1. The number of carboxylic acid groups (broad SMARTS) is 1. The van der Waals surface area contributed by atoms with Crippen molar-refractivity contribution in [3.8, 4) is 5.75 Å². The SMILES string of the molecule is CC(=O)c1cccc(OC(C)C(=O)N2CCC(C(=O)O)(C(C)C)C2)c1. The summed E-state index contributed by atoms with van der Waals surface area (Å²) in [7, 11) is 0. The Labute approximate surface area is 147 Å². The monoisotopic (exact) mass is 347 g/mol. The van der Waals surface area contributed by atoms with E-state index in [4.69, 9.17) is 4.74 Å². The minimum absolute atomic E-state index is 0.0636. The van der Waals surface area contributed by atoms with E-state index in [-0.39, 0.29) is 24.2 Å². The molecule has 1 aromatic carbocycles. The summed E-state index contributed by atoms with van der Waals surface area (Å²) in [5, 5.41) is 9.59. The molecule has 1 saturated heterocycles. The molecule has 1 heterocycles. The van der Waals surface area contributed by atoms with Crippen LogP contribution in [-0.2, 0) is 9.59 Å². The molecule has 0 aliphatic carbocycles. The van der Waals surface area contributed by atoms with Gasteiger partial charge in [0, 0.05) is 18.7 Å². The summed E-state index contributed by atoms with van der Waals surface area (Å²) in [5.74, 6) is -0.794. The van der Waals surface area contributed by atoms with Crippen LogP contribution in [0, 0.1) is 11.3 Å². The van der Waals surface area contributed by atoms with Gasteiger partial charge in [-0.15, -0.1) is 0 Å². The standard InChI is InChI=1S/C19H25NO5/c1-12(2)19(18(23)24)8-9-20(11-19)17(22)14(4)25-16-7-5-6-15(10-16)13(3)21/h5-7,10,12,14H,8-9,11H2,1-4H3,(H,23,24). The van der Waals surface area contributed by atoms with Crippen LogP contribution in [0.5, 0.6) is 5.75 Å². The Hall–Kier alpha value is -2.37. The first-order valence-electron chi connectivity index (χ1n) is 8.47. The van der Waals surface area contributed by atoms with Crippen LogP contribution in [0.2, 0.25) is 0 Å². The Kier molecular flexibility index (Phi) is 5.50. The molecule has 1 aliphatic rings. The topological polar surface area (TPSA) is 83.9 Å². The van der Waals surface area contributed by atoms with E-state index in [1.807, 2.05) is 13.8 Å². The van der Waals surface area contributed by atoms with Crippen molar-refractivity contribution in [2.45, 2.75) is 40.2 Å². The number of hydrogen-bond acceptors (Lipinski definition) is 4. The number of benzene rings is 1. The lowest BCUT2D eigenvalue weighted by Crippen LogP contribution is -2.44. The number of nitrogens with zero attached hydrogens (tertiary/aromatic N) is 1. The number of ketones is 1. The van der Waals surface area contributed by atoms with E-state index < -0.39 is 17.5 Å². The Bertz CT molecular complexity index is 684. The summed E-state index contributed by atoms with van der Waals surface area (Å²) in [6, 6.07) is 6.68. The molecule has 2 rings (SSSR count). The van der Waals surface area contributed by atoms with Crippen molar-refractivity contribution in [3.05, 3.63) is 29.8 Å². The smallest absolute Gasteiger partial charge is 0.311 e. The quantitative estimate of drug-likeness (QED) is 0.800. The highest BCUT2D eigenvalue weighted by atomic mass is 16.5. The van der Waals surface area contributed by atoms with Gasteiger partial charge in [-0.2, -0.15) is 0 Å². The molecule has 2 atom stereocenters. The van der Waals surface area contributed by atoms with Gasteiger partial charge < -0.3 is 14.7 Å². The molecule has 1 aliphatic heterocycles. The molecular formula is C19H25NO5. The van der Waals surface area contributed by atoms with Crippen LogP contribution in [0.25, 0.3) is 0 Å². The van der Waals surface area contributed by atoms with Gasteiger partial charge in [-0.3, -0.25) is 14.4 Å². The van der Waals surface area contributed by atoms with E-state index in [0.717, 1.165) is 0 Å².